The summed E-state index contributed by atoms with van der Waals surface area (Å²) in [4.78, 5) is 14.8. The Bertz CT molecular complexity index is 597. The number of imidazole rings is 1. The van der Waals surface area contributed by atoms with Gasteiger partial charge in [-0.15, -0.1) is 0 Å². The van der Waals surface area contributed by atoms with Gasteiger partial charge in [-0.25, -0.2) is 18.1 Å². The van der Waals surface area contributed by atoms with Crippen LogP contribution >= 0.6 is 0 Å². The van der Waals surface area contributed by atoms with Crippen LogP contribution in [-0.4, -0.2) is 35.6 Å². The normalized spacial score (nSPS) is 17.7. The van der Waals surface area contributed by atoms with E-state index in [-0.39, 0.29) is 18.0 Å². The van der Waals surface area contributed by atoms with Crippen molar-refractivity contribution in [2.75, 3.05) is 6.54 Å². The molecule has 0 bridgehead atoms. The van der Waals surface area contributed by atoms with E-state index < -0.39 is 21.4 Å². The monoisotopic (exact) mass is 301 g/mol. The van der Waals surface area contributed by atoms with Gasteiger partial charge < -0.3 is 9.67 Å². The van der Waals surface area contributed by atoms with E-state index in [0.29, 0.717) is 5.82 Å². The molecule has 0 amide bonds. The number of carboxylic acid groups (broad SMARTS) is 1. The first kappa shape index (κ1) is 15.0. The molecule has 0 unspecified atom stereocenters. The van der Waals surface area contributed by atoms with Crippen LogP contribution in [0.25, 0.3) is 0 Å². The van der Waals surface area contributed by atoms with Crippen LogP contribution in [0.5, 0.6) is 0 Å². The van der Waals surface area contributed by atoms with Crippen LogP contribution in [0.4, 0.5) is 0 Å². The molecular formula is C12H19N3O4S. The van der Waals surface area contributed by atoms with Crippen LogP contribution in [0.2, 0.25) is 0 Å². The first-order chi connectivity index (χ1) is 9.24. The Morgan fingerprint density at radius 1 is 1.55 bits per heavy atom. The van der Waals surface area contributed by atoms with Gasteiger partial charge in [0.15, 0.2) is 5.03 Å². The minimum Gasteiger partial charge on any atom is -0.481 e. The fourth-order valence-electron chi connectivity index (χ4n) is 2.39. The van der Waals surface area contributed by atoms with Crippen molar-refractivity contribution >= 4 is 16.0 Å². The summed E-state index contributed by atoms with van der Waals surface area (Å²) in [6.45, 7) is 1.87. The number of aryl methyl sites for hydroxylation is 2. The average molecular weight is 301 g/mol. The molecule has 1 aromatic heterocycles. The number of carboxylic acids is 1. The van der Waals surface area contributed by atoms with Crippen LogP contribution in [0.1, 0.15) is 31.5 Å². The number of hydrogen-bond donors (Lipinski definition) is 2. The minimum atomic E-state index is -3.68. The maximum atomic E-state index is 12.1. The Morgan fingerprint density at radius 2 is 2.20 bits per heavy atom. The zero-order valence-corrected chi connectivity index (χ0v) is 12.4. The van der Waals surface area contributed by atoms with Gasteiger partial charge in [-0.3, -0.25) is 4.79 Å². The highest BCUT2D eigenvalue weighted by Crippen LogP contribution is 2.43. The molecule has 0 aromatic carbocycles. The summed E-state index contributed by atoms with van der Waals surface area (Å²) in [5.74, 6) is -0.285. The van der Waals surface area contributed by atoms with E-state index in [9.17, 15) is 13.2 Å². The maximum Gasteiger partial charge on any atom is 0.303 e. The van der Waals surface area contributed by atoms with Crippen LogP contribution in [-0.2, 0) is 21.9 Å². The molecule has 0 aliphatic heterocycles. The number of aliphatic carboxylic acids is 1. The average Bonchev–Trinajstić information content (AvgIpc) is 2.63. The summed E-state index contributed by atoms with van der Waals surface area (Å²) >= 11 is 0. The van der Waals surface area contributed by atoms with Crippen molar-refractivity contribution in [3.63, 3.8) is 0 Å². The lowest BCUT2D eigenvalue weighted by Gasteiger charge is -2.40. The number of carbonyl (C=O) groups is 1. The van der Waals surface area contributed by atoms with Crippen molar-refractivity contribution in [3.8, 4) is 0 Å². The molecule has 1 aliphatic rings. The molecule has 112 valence electrons. The van der Waals surface area contributed by atoms with Crippen molar-refractivity contribution in [1.82, 2.24) is 14.3 Å². The van der Waals surface area contributed by atoms with E-state index in [0.717, 1.165) is 19.3 Å². The first-order valence-corrected chi connectivity index (χ1v) is 7.94. The third-order valence-corrected chi connectivity index (χ3v) is 5.21. The lowest BCUT2D eigenvalue weighted by atomic mass is 9.67. The highest BCUT2D eigenvalue weighted by Gasteiger charge is 2.40. The van der Waals surface area contributed by atoms with Crippen molar-refractivity contribution in [2.45, 2.75) is 37.6 Å². The molecule has 2 rings (SSSR count). The Hall–Kier alpha value is -1.41. The third kappa shape index (κ3) is 3.01. The molecule has 2 N–H and O–H groups in total. The van der Waals surface area contributed by atoms with Gasteiger partial charge in [0.05, 0.1) is 6.42 Å². The summed E-state index contributed by atoms with van der Waals surface area (Å²) in [6, 6.07) is 0. The molecule has 1 aliphatic carbocycles. The zero-order valence-electron chi connectivity index (χ0n) is 11.6. The molecule has 1 heterocycles. The number of aromatic nitrogens is 2. The molecule has 0 spiro atoms. The molecule has 0 radical (unpaired) electrons. The number of sulfonamides is 1. The quantitative estimate of drug-likeness (QED) is 0.803. The van der Waals surface area contributed by atoms with Crippen molar-refractivity contribution in [2.24, 2.45) is 12.5 Å². The van der Waals surface area contributed by atoms with Gasteiger partial charge in [-0.2, -0.15) is 0 Å². The molecular weight excluding hydrogens is 282 g/mol. The van der Waals surface area contributed by atoms with Crippen LogP contribution < -0.4 is 4.72 Å². The zero-order chi connectivity index (χ0) is 15.0. The second kappa shape index (κ2) is 5.17. The van der Waals surface area contributed by atoms with Gasteiger partial charge in [-0.1, -0.05) is 6.42 Å². The van der Waals surface area contributed by atoms with E-state index >= 15 is 0 Å². The van der Waals surface area contributed by atoms with Crippen LogP contribution in [0.3, 0.4) is 0 Å². The number of nitrogens with one attached hydrogen (secondary N) is 1. The van der Waals surface area contributed by atoms with E-state index in [2.05, 4.69) is 9.71 Å². The minimum absolute atomic E-state index is 0.00321. The molecule has 1 fully saturated rings. The van der Waals surface area contributed by atoms with Crippen molar-refractivity contribution in [3.05, 3.63) is 12.0 Å². The SMILES string of the molecule is Cc1nc(S(=O)(=O)NCC2(CC(=O)O)CCC2)cn1C. The van der Waals surface area contributed by atoms with Gasteiger partial charge in [-0.05, 0) is 25.2 Å². The first-order valence-electron chi connectivity index (χ1n) is 6.46. The fourth-order valence-corrected chi connectivity index (χ4v) is 3.58. The van der Waals surface area contributed by atoms with Gasteiger partial charge >= 0.3 is 5.97 Å². The van der Waals surface area contributed by atoms with Crippen LogP contribution in [0, 0.1) is 12.3 Å². The van der Waals surface area contributed by atoms with E-state index in [1.54, 1.807) is 18.5 Å². The Kier molecular flexibility index (Phi) is 3.88. The predicted octanol–water partition coefficient (Wildman–Crippen LogP) is 0.652. The highest BCUT2D eigenvalue weighted by molar-refractivity contribution is 7.89. The number of hydrogen-bond acceptors (Lipinski definition) is 4. The van der Waals surface area contributed by atoms with Gasteiger partial charge in [0.2, 0.25) is 0 Å². The van der Waals surface area contributed by atoms with Gasteiger partial charge in [0, 0.05) is 19.8 Å². The lowest BCUT2D eigenvalue weighted by molar-refractivity contribution is -0.141. The van der Waals surface area contributed by atoms with Crippen molar-refractivity contribution < 1.29 is 18.3 Å². The summed E-state index contributed by atoms with van der Waals surface area (Å²) in [5, 5.41) is 8.88. The highest BCUT2D eigenvalue weighted by atomic mass is 32.2. The van der Waals surface area contributed by atoms with Crippen molar-refractivity contribution in [1.29, 1.82) is 0 Å². The van der Waals surface area contributed by atoms with E-state index in [1.807, 2.05) is 0 Å². The molecule has 1 saturated carbocycles. The molecule has 7 nitrogen and oxygen atoms in total. The largest absolute Gasteiger partial charge is 0.481 e. The molecule has 0 atom stereocenters. The molecule has 0 saturated heterocycles. The topological polar surface area (TPSA) is 101 Å². The summed E-state index contributed by atoms with van der Waals surface area (Å²) in [5.41, 5.74) is -0.442. The third-order valence-electron chi connectivity index (χ3n) is 3.94. The van der Waals surface area contributed by atoms with E-state index in [4.69, 9.17) is 5.11 Å². The summed E-state index contributed by atoms with van der Waals surface area (Å²) < 4.78 is 28.4. The second-order valence-corrected chi connectivity index (χ2v) is 7.20. The lowest BCUT2D eigenvalue weighted by Crippen LogP contribution is -2.43. The summed E-state index contributed by atoms with van der Waals surface area (Å²) in [6.07, 6.45) is 3.86. The second-order valence-electron chi connectivity index (χ2n) is 5.49. The van der Waals surface area contributed by atoms with Crippen LogP contribution in [0.15, 0.2) is 11.2 Å². The fraction of sp³-hybridized carbons (Fsp3) is 0.667. The Balaban J connectivity index is 2.07. The van der Waals surface area contributed by atoms with E-state index in [1.165, 1.54) is 6.20 Å². The standard InChI is InChI=1S/C12H19N3O4S/c1-9-14-10(7-15(9)2)20(18,19)13-8-12(4-3-5-12)6-11(16)17/h7,13H,3-6,8H2,1-2H3,(H,16,17). The smallest absolute Gasteiger partial charge is 0.303 e. The Labute approximate surface area is 118 Å². The predicted molar refractivity (Wildman–Crippen MR) is 71.7 cm³/mol. The number of rotatable bonds is 6. The van der Waals surface area contributed by atoms with Gasteiger partial charge in [0.25, 0.3) is 10.0 Å². The number of nitrogens with zero attached hydrogens (tertiary/aromatic N) is 2. The Morgan fingerprint density at radius 3 is 2.60 bits per heavy atom. The van der Waals surface area contributed by atoms with Gasteiger partial charge in [0.1, 0.15) is 5.82 Å². The molecule has 1 aromatic rings. The summed E-state index contributed by atoms with van der Waals surface area (Å²) in [7, 11) is -1.96. The maximum absolute atomic E-state index is 12.1. The molecule has 8 heteroatoms. The molecule has 20 heavy (non-hydrogen) atoms.